The highest BCUT2D eigenvalue weighted by Gasteiger charge is 2.21. The average Bonchev–Trinajstić information content (AvgIpc) is 2.31. The molecule has 0 saturated heterocycles. The number of hydrogen-bond acceptors (Lipinski definition) is 2. The highest BCUT2D eigenvalue weighted by Crippen LogP contribution is 2.33. The van der Waals surface area contributed by atoms with E-state index in [0.29, 0.717) is 6.04 Å². The van der Waals surface area contributed by atoms with Gasteiger partial charge in [0.1, 0.15) is 0 Å². The molecule has 1 aliphatic rings. The maximum Gasteiger partial charge on any atom is 0.0951 e. The third-order valence-electron chi connectivity index (χ3n) is 2.63. The van der Waals surface area contributed by atoms with Crippen LogP contribution in [0.3, 0.4) is 0 Å². The molecule has 0 aliphatic heterocycles. The van der Waals surface area contributed by atoms with Gasteiger partial charge in [-0.1, -0.05) is 0 Å². The Bertz CT molecular complexity index is 260. The summed E-state index contributed by atoms with van der Waals surface area (Å²) in [6.07, 6.45) is 7.71. The van der Waals surface area contributed by atoms with Gasteiger partial charge < -0.3 is 10.3 Å². The van der Waals surface area contributed by atoms with Crippen molar-refractivity contribution in [2.24, 2.45) is 5.73 Å². The zero-order valence-corrected chi connectivity index (χ0v) is 7.40. The predicted molar refractivity (Wildman–Crippen MR) is 47.7 cm³/mol. The number of rotatable bonds is 2. The van der Waals surface area contributed by atoms with E-state index in [-0.39, 0.29) is 6.04 Å². The summed E-state index contributed by atoms with van der Waals surface area (Å²) in [6.45, 7) is 2.01. The maximum atomic E-state index is 5.81. The molecule has 0 radical (unpaired) electrons. The first-order chi connectivity index (χ1) is 5.79. The monoisotopic (exact) mass is 165 g/mol. The molecule has 66 valence electrons. The number of nitrogens with zero attached hydrogens (tertiary/aromatic N) is 2. The Morgan fingerprint density at radius 1 is 1.67 bits per heavy atom. The van der Waals surface area contributed by atoms with Crippen LogP contribution in [0.2, 0.25) is 0 Å². The van der Waals surface area contributed by atoms with Gasteiger partial charge in [0.05, 0.1) is 12.0 Å². The van der Waals surface area contributed by atoms with Crippen LogP contribution in [0.15, 0.2) is 12.5 Å². The van der Waals surface area contributed by atoms with Crippen molar-refractivity contribution in [3.05, 3.63) is 18.2 Å². The number of hydrogen-bond donors (Lipinski definition) is 1. The van der Waals surface area contributed by atoms with Crippen molar-refractivity contribution >= 4 is 0 Å². The van der Waals surface area contributed by atoms with Crippen molar-refractivity contribution in [3.63, 3.8) is 0 Å². The second-order valence-electron chi connectivity index (χ2n) is 3.60. The van der Waals surface area contributed by atoms with Gasteiger partial charge in [0.15, 0.2) is 0 Å². The molecule has 1 heterocycles. The highest BCUT2D eigenvalue weighted by atomic mass is 15.1. The minimum absolute atomic E-state index is 0.105. The van der Waals surface area contributed by atoms with Gasteiger partial charge in [-0.25, -0.2) is 4.98 Å². The molecule has 1 aromatic heterocycles. The van der Waals surface area contributed by atoms with Gasteiger partial charge in [0.25, 0.3) is 0 Å². The fourth-order valence-corrected chi connectivity index (χ4v) is 1.64. The molecular formula is C9H15N3. The van der Waals surface area contributed by atoms with Crippen molar-refractivity contribution < 1.29 is 0 Å². The summed E-state index contributed by atoms with van der Waals surface area (Å²) < 4.78 is 2.23. The first-order valence-corrected chi connectivity index (χ1v) is 4.56. The van der Waals surface area contributed by atoms with Crippen LogP contribution in [0.4, 0.5) is 0 Å². The van der Waals surface area contributed by atoms with Crippen molar-refractivity contribution in [1.82, 2.24) is 9.55 Å². The molecule has 1 aliphatic carbocycles. The molecule has 1 atom stereocenters. The fraction of sp³-hybridized carbons (Fsp3) is 0.667. The topological polar surface area (TPSA) is 43.8 Å². The van der Waals surface area contributed by atoms with E-state index < -0.39 is 0 Å². The second-order valence-corrected chi connectivity index (χ2v) is 3.60. The molecule has 0 bridgehead atoms. The molecule has 0 amide bonds. The largest absolute Gasteiger partial charge is 0.330 e. The van der Waals surface area contributed by atoms with E-state index in [2.05, 4.69) is 9.55 Å². The van der Waals surface area contributed by atoms with E-state index in [1.54, 1.807) is 0 Å². The summed E-state index contributed by atoms with van der Waals surface area (Å²) >= 11 is 0. The van der Waals surface area contributed by atoms with E-state index in [1.807, 2.05) is 19.4 Å². The molecule has 1 aromatic rings. The van der Waals surface area contributed by atoms with Crippen molar-refractivity contribution in [2.75, 3.05) is 0 Å². The molecule has 2 rings (SSSR count). The molecule has 0 spiro atoms. The molecule has 3 heteroatoms. The molecule has 2 N–H and O–H groups in total. The van der Waals surface area contributed by atoms with E-state index in [9.17, 15) is 0 Å². The van der Waals surface area contributed by atoms with Gasteiger partial charge in [-0.15, -0.1) is 0 Å². The molecular weight excluding hydrogens is 150 g/mol. The van der Waals surface area contributed by atoms with Gasteiger partial charge >= 0.3 is 0 Å². The van der Waals surface area contributed by atoms with Crippen LogP contribution in [0.1, 0.15) is 44.0 Å². The zero-order chi connectivity index (χ0) is 8.55. The van der Waals surface area contributed by atoms with Crippen molar-refractivity contribution in [3.8, 4) is 0 Å². The summed E-state index contributed by atoms with van der Waals surface area (Å²) in [4.78, 5) is 4.13. The minimum Gasteiger partial charge on any atom is -0.330 e. The van der Waals surface area contributed by atoms with Gasteiger partial charge in [0, 0.05) is 18.3 Å². The first-order valence-electron chi connectivity index (χ1n) is 4.56. The van der Waals surface area contributed by atoms with Crippen LogP contribution in [0.5, 0.6) is 0 Å². The molecule has 3 nitrogen and oxygen atoms in total. The zero-order valence-electron chi connectivity index (χ0n) is 7.40. The lowest BCUT2D eigenvalue weighted by molar-refractivity contribution is 0.304. The van der Waals surface area contributed by atoms with E-state index in [1.165, 1.54) is 25.0 Å². The second kappa shape index (κ2) is 2.90. The maximum absolute atomic E-state index is 5.81. The minimum atomic E-state index is 0.105. The van der Waals surface area contributed by atoms with Crippen LogP contribution in [0.25, 0.3) is 0 Å². The third kappa shape index (κ3) is 1.14. The molecule has 1 saturated carbocycles. The lowest BCUT2D eigenvalue weighted by Gasteiger charge is -2.29. The van der Waals surface area contributed by atoms with Crippen molar-refractivity contribution in [1.29, 1.82) is 0 Å². The molecule has 12 heavy (non-hydrogen) atoms. The van der Waals surface area contributed by atoms with Gasteiger partial charge in [0.2, 0.25) is 0 Å². The molecule has 0 aromatic carbocycles. The Labute approximate surface area is 72.6 Å². The summed E-state index contributed by atoms with van der Waals surface area (Å²) in [5.41, 5.74) is 6.98. The van der Waals surface area contributed by atoms with Crippen LogP contribution in [0, 0.1) is 0 Å². The van der Waals surface area contributed by atoms with Crippen molar-refractivity contribution in [2.45, 2.75) is 38.3 Å². The highest BCUT2D eigenvalue weighted by molar-refractivity contribution is 5.05. The van der Waals surface area contributed by atoms with Crippen LogP contribution >= 0.6 is 0 Å². The SMILES string of the molecule is C[C@@H](N)c1cncn1C1CCC1. The Kier molecular flexibility index (Phi) is 1.89. The van der Waals surface area contributed by atoms with E-state index in [4.69, 9.17) is 5.73 Å². The lowest BCUT2D eigenvalue weighted by Crippen LogP contribution is -2.21. The Morgan fingerprint density at radius 2 is 2.42 bits per heavy atom. The van der Waals surface area contributed by atoms with Crippen LogP contribution < -0.4 is 5.73 Å². The normalized spacial score (nSPS) is 20.5. The molecule has 0 unspecified atom stereocenters. The first kappa shape index (κ1) is 7.80. The number of imidazole rings is 1. The fourth-order valence-electron chi connectivity index (χ4n) is 1.64. The summed E-state index contributed by atoms with van der Waals surface area (Å²) in [7, 11) is 0. The van der Waals surface area contributed by atoms with E-state index >= 15 is 0 Å². The smallest absolute Gasteiger partial charge is 0.0951 e. The van der Waals surface area contributed by atoms with Crippen LogP contribution in [-0.2, 0) is 0 Å². The Hall–Kier alpha value is -0.830. The summed E-state index contributed by atoms with van der Waals surface area (Å²) in [5.74, 6) is 0. The van der Waals surface area contributed by atoms with Crippen LogP contribution in [-0.4, -0.2) is 9.55 Å². The standard InChI is InChI=1S/C9H15N3/c1-7(10)9-5-11-6-12(9)8-3-2-4-8/h5-8H,2-4,10H2,1H3/t7-/m1/s1. The lowest BCUT2D eigenvalue weighted by atomic mass is 9.92. The average molecular weight is 165 g/mol. The Balaban J connectivity index is 2.23. The summed E-state index contributed by atoms with van der Waals surface area (Å²) in [5, 5.41) is 0. The Morgan fingerprint density at radius 3 is 2.92 bits per heavy atom. The van der Waals surface area contributed by atoms with Gasteiger partial charge in [-0.2, -0.15) is 0 Å². The van der Waals surface area contributed by atoms with E-state index in [0.717, 1.165) is 0 Å². The van der Waals surface area contributed by atoms with Gasteiger partial charge in [-0.05, 0) is 26.2 Å². The van der Waals surface area contributed by atoms with Gasteiger partial charge in [-0.3, -0.25) is 0 Å². The summed E-state index contributed by atoms with van der Waals surface area (Å²) in [6, 6.07) is 0.779. The predicted octanol–water partition coefficient (Wildman–Crippen LogP) is 1.63. The molecule has 1 fully saturated rings. The quantitative estimate of drug-likeness (QED) is 0.723. The number of nitrogens with two attached hydrogens (primary N) is 1. The third-order valence-corrected chi connectivity index (χ3v) is 2.63. The number of aromatic nitrogens is 2.